The molecule has 4 nitrogen and oxygen atoms in total. The number of nitrogens with zero attached hydrogens (tertiary/aromatic N) is 2. The molecule has 32 heavy (non-hydrogen) atoms. The van der Waals surface area contributed by atoms with Crippen molar-refractivity contribution in [2.75, 3.05) is 6.61 Å². The SMILES string of the molecule is CCOC(=O)Cc1cn(-c2ccccc2)nc1-c1ccc(C#Cc2cccc(Cl)c2)cc1. The van der Waals surface area contributed by atoms with Crippen LogP contribution in [-0.2, 0) is 16.0 Å². The maximum absolute atomic E-state index is 12.2. The smallest absolute Gasteiger partial charge is 0.310 e. The van der Waals surface area contributed by atoms with Gasteiger partial charge in [0.1, 0.15) is 0 Å². The van der Waals surface area contributed by atoms with Crippen LogP contribution in [-0.4, -0.2) is 22.4 Å². The average molecular weight is 441 g/mol. The van der Waals surface area contributed by atoms with Crippen molar-refractivity contribution in [2.45, 2.75) is 13.3 Å². The van der Waals surface area contributed by atoms with Crippen LogP contribution in [0.5, 0.6) is 0 Å². The van der Waals surface area contributed by atoms with Crippen molar-refractivity contribution in [2.24, 2.45) is 0 Å². The zero-order valence-corrected chi connectivity index (χ0v) is 18.3. The van der Waals surface area contributed by atoms with E-state index < -0.39 is 0 Å². The van der Waals surface area contributed by atoms with Gasteiger partial charge >= 0.3 is 5.97 Å². The van der Waals surface area contributed by atoms with E-state index in [0.29, 0.717) is 11.6 Å². The molecule has 0 aliphatic carbocycles. The van der Waals surface area contributed by atoms with E-state index in [9.17, 15) is 4.79 Å². The molecule has 0 spiro atoms. The minimum atomic E-state index is -0.273. The van der Waals surface area contributed by atoms with Crippen LogP contribution in [0, 0.1) is 11.8 Å². The molecule has 0 aliphatic rings. The molecule has 4 rings (SSSR count). The average Bonchev–Trinajstić information content (AvgIpc) is 3.22. The zero-order chi connectivity index (χ0) is 22.3. The summed E-state index contributed by atoms with van der Waals surface area (Å²) in [4.78, 5) is 12.2. The number of aromatic nitrogens is 2. The normalized spacial score (nSPS) is 10.3. The van der Waals surface area contributed by atoms with Gasteiger partial charge in [-0.15, -0.1) is 0 Å². The number of hydrogen-bond acceptors (Lipinski definition) is 3. The molecule has 0 N–H and O–H groups in total. The molecule has 3 aromatic carbocycles. The molecular weight excluding hydrogens is 420 g/mol. The molecule has 0 amide bonds. The fourth-order valence-electron chi connectivity index (χ4n) is 3.28. The fourth-order valence-corrected chi connectivity index (χ4v) is 3.47. The number of para-hydroxylation sites is 1. The Morgan fingerprint density at radius 2 is 1.72 bits per heavy atom. The number of hydrogen-bond donors (Lipinski definition) is 0. The van der Waals surface area contributed by atoms with Crippen molar-refractivity contribution in [1.29, 1.82) is 0 Å². The van der Waals surface area contributed by atoms with Crippen LogP contribution in [0.15, 0.2) is 85.1 Å². The zero-order valence-electron chi connectivity index (χ0n) is 17.6. The molecule has 158 valence electrons. The van der Waals surface area contributed by atoms with E-state index in [4.69, 9.17) is 21.4 Å². The van der Waals surface area contributed by atoms with Crippen LogP contribution in [0.25, 0.3) is 16.9 Å². The van der Waals surface area contributed by atoms with Gasteiger partial charge in [0, 0.05) is 33.5 Å². The molecule has 0 saturated carbocycles. The van der Waals surface area contributed by atoms with Gasteiger partial charge in [-0.3, -0.25) is 4.79 Å². The van der Waals surface area contributed by atoms with E-state index in [1.807, 2.05) is 85.1 Å². The number of halogens is 1. The lowest BCUT2D eigenvalue weighted by Crippen LogP contribution is -2.07. The maximum atomic E-state index is 12.2. The van der Waals surface area contributed by atoms with Crippen molar-refractivity contribution in [3.8, 4) is 28.8 Å². The second-order valence-corrected chi connectivity index (χ2v) is 7.54. The Hall–Kier alpha value is -3.81. The summed E-state index contributed by atoms with van der Waals surface area (Å²) in [7, 11) is 0. The summed E-state index contributed by atoms with van der Waals surface area (Å²) in [6, 6.07) is 25.1. The first-order chi connectivity index (χ1) is 15.6. The molecule has 0 bridgehead atoms. The van der Waals surface area contributed by atoms with Gasteiger partial charge in [0.05, 0.1) is 24.4 Å². The highest BCUT2D eigenvalue weighted by Crippen LogP contribution is 2.25. The van der Waals surface area contributed by atoms with E-state index in [1.54, 1.807) is 11.6 Å². The van der Waals surface area contributed by atoms with Crippen LogP contribution in [0.3, 0.4) is 0 Å². The molecule has 0 aliphatic heterocycles. The van der Waals surface area contributed by atoms with Crippen LogP contribution >= 0.6 is 11.6 Å². The van der Waals surface area contributed by atoms with Crippen LogP contribution in [0.2, 0.25) is 5.02 Å². The summed E-state index contributed by atoms with van der Waals surface area (Å²) < 4.78 is 6.94. The van der Waals surface area contributed by atoms with E-state index in [0.717, 1.165) is 33.6 Å². The van der Waals surface area contributed by atoms with Gasteiger partial charge < -0.3 is 4.74 Å². The van der Waals surface area contributed by atoms with Gasteiger partial charge in [-0.25, -0.2) is 4.68 Å². The third kappa shape index (κ3) is 5.26. The summed E-state index contributed by atoms with van der Waals surface area (Å²) in [6.45, 7) is 2.15. The number of ether oxygens (including phenoxy) is 1. The van der Waals surface area contributed by atoms with Crippen molar-refractivity contribution in [3.63, 3.8) is 0 Å². The second-order valence-electron chi connectivity index (χ2n) is 7.10. The van der Waals surface area contributed by atoms with Crippen LogP contribution in [0.1, 0.15) is 23.6 Å². The number of esters is 1. The fraction of sp³-hybridized carbons (Fsp3) is 0.111. The predicted octanol–water partition coefficient (Wildman–Crippen LogP) is 5.70. The third-order valence-corrected chi connectivity index (χ3v) is 5.02. The van der Waals surface area contributed by atoms with Crippen molar-refractivity contribution >= 4 is 17.6 Å². The first-order valence-electron chi connectivity index (χ1n) is 10.3. The monoisotopic (exact) mass is 440 g/mol. The molecule has 4 aromatic rings. The molecule has 0 saturated heterocycles. The standard InChI is InChI=1S/C27H21ClN2O2/c1-2-32-26(31)18-23-19-30(25-9-4-3-5-10-25)29-27(23)22-15-13-20(14-16-22)11-12-21-7-6-8-24(28)17-21/h3-10,13-17,19H,2,18H2,1H3. The third-order valence-electron chi connectivity index (χ3n) is 4.78. The summed E-state index contributed by atoms with van der Waals surface area (Å²) >= 11 is 6.02. The minimum Gasteiger partial charge on any atom is -0.466 e. The Kier molecular flexibility index (Phi) is 6.69. The quantitative estimate of drug-likeness (QED) is 0.295. The highest BCUT2D eigenvalue weighted by atomic mass is 35.5. The topological polar surface area (TPSA) is 44.1 Å². The molecule has 0 unspecified atom stereocenters. The summed E-state index contributed by atoms with van der Waals surface area (Å²) in [5.74, 6) is 6.00. The maximum Gasteiger partial charge on any atom is 0.310 e. The molecule has 5 heteroatoms. The molecule has 0 radical (unpaired) electrons. The molecular formula is C27H21ClN2O2. The van der Waals surface area contributed by atoms with E-state index in [2.05, 4.69) is 11.8 Å². The number of benzene rings is 3. The van der Waals surface area contributed by atoms with Gasteiger partial charge in [-0.1, -0.05) is 59.8 Å². The van der Waals surface area contributed by atoms with Gasteiger partial charge in [0.2, 0.25) is 0 Å². The van der Waals surface area contributed by atoms with Gasteiger partial charge in [-0.05, 0) is 49.4 Å². The first kappa shape index (κ1) is 21.4. The lowest BCUT2D eigenvalue weighted by atomic mass is 10.0. The summed E-state index contributed by atoms with van der Waals surface area (Å²) in [5.41, 5.74) is 5.13. The highest BCUT2D eigenvalue weighted by Gasteiger charge is 2.16. The largest absolute Gasteiger partial charge is 0.466 e. The summed E-state index contributed by atoms with van der Waals surface area (Å²) in [5, 5.41) is 5.42. The lowest BCUT2D eigenvalue weighted by Gasteiger charge is -2.03. The minimum absolute atomic E-state index is 0.159. The number of carbonyl (C=O) groups is 1. The number of carbonyl (C=O) groups excluding carboxylic acids is 1. The van der Waals surface area contributed by atoms with E-state index >= 15 is 0 Å². The molecule has 1 aromatic heterocycles. The van der Waals surface area contributed by atoms with Crippen molar-refractivity contribution in [3.05, 3.63) is 107 Å². The van der Waals surface area contributed by atoms with Gasteiger partial charge in [0.15, 0.2) is 0 Å². The van der Waals surface area contributed by atoms with E-state index in [-0.39, 0.29) is 12.4 Å². The molecule has 0 fully saturated rings. The van der Waals surface area contributed by atoms with Crippen LogP contribution in [0.4, 0.5) is 0 Å². The molecule has 1 heterocycles. The summed E-state index contributed by atoms with van der Waals surface area (Å²) in [6.07, 6.45) is 2.04. The predicted molar refractivity (Wildman–Crippen MR) is 127 cm³/mol. The second kappa shape index (κ2) is 10.00. The molecule has 0 atom stereocenters. The first-order valence-corrected chi connectivity index (χ1v) is 10.7. The Morgan fingerprint density at radius 1 is 0.969 bits per heavy atom. The Morgan fingerprint density at radius 3 is 2.44 bits per heavy atom. The highest BCUT2D eigenvalue weighted by molar-refractivity contribution is 6.30. The van der Waals surface area contributed by atoms with Crippen LogP contribution < -0.4 is 0 Å². The van der Waals surface area contributed by atoms with E-state index in [1.165, 1.54) is 0 Å². The lowest BCUT2D eigenvalue weighted by molar-refractivity contribution is -0.142. The van der Waals surface area contributed by atoms with Gasteiger partial charge in [0.25, 0.3) is 0 Å². The van der Waals surface area contributed by atoms with Crippen molar-refractivity contribution in [1.82, 2.24) is 9.78 Å². The Labute approximate surface area is 192 Å². The Balaban J connectivity index is 1.64. The van der Waals surface area contributed by atoms with Gasteiger partial charge in [-0.2, -0.15) is 5.10 Å². The van der Waals surface area contributed by atoms with Crippen molar-refractivity contribution < 1.29 is 9.53 Å². The Bertz CT molecular complexity index is 1280. The number of rotatable bonds is 5.